The number of pyridine rings is 1. The minimum atomic E-state index is -0.0426. The third kappa shape index (κ3) is 4.08. The number of hydrogen-bond acceptors (Lipinski definition) is 4. The van der Waals surface area contributed by atoms with Gasteiger partial charge < -0.3 is 10.2 Å². The lowest BCUT2D eigenvalue weighted by molar-refractivity contribution is 0.0732. The molecule has 1 N–H and O–H groups in total. The van der Waals surface area contributed by atoms with Crippen LogP contribution >= 0.6 is 0 Å². The quantitative estimate of drug-likeness (QED) is 0.615. The van der Waals surface area contributed by atoms with Gasteiger partial charge >= 0.3 is 0 Å². The Balaban J connectivity index is 1.23. The molecule has 0 radical (unpaired) electrons. The van der Waals surface area contributed by atoms with E-state index in [0.717, 1.165) is 65.8 Å². The van der Waals surface area contributed by atoms with Crippen molar-refractivity contribution in [3.05, 3.63) is 58.4 Å². The normalized spacial score (nSPS) is 20.3. The maximum absolute atomic E-state index is 13.4. The largest absolute Gasteiger partial charge is 0.349 e. The van der Waals surface area contributed by atoms with Crippen LogP contribution in [0.15, 0.2) is 30.3 Å². The maximum atomic E-state index is 13.4. The van der Waals surface area contributed by atoms with Gasteiger partial charge in [0.1, 0.15) is 0 Å². The molecule has 2 aromatic heterocycles. The first-order valence-corrected chi connectivity index (χ1v) is 12.3. The fourth-order valence-corrected chi connectivity index (χ4v) is 5.47. The van der Waals surface area contributed by atoms with Crippen molar-refractivity contribution < 1.29 is 9.59 Å². The SMILES string of the molecule is Cc1nn(C)c2nc(C(C)C)cc(C(=O)NC3CCC(CN4Cc5ccccc5C4=O)CC3)c12. The fourth-order valence-electron chi connectivity index (χ4n) is 5.47. The standard InChI is InChI=1S/C27H33N5O2/c1-16(2)23-13-22(24-17(3)30-31(4)25(24)29-23)26(33)28-20-11-9-18(10-12-20)14-32-15-19-7-5-6-8-21(19)27(32)34/h5-8,13,16,18,20H,9-12,14-15H2,1-4H3,(H,28,33). The number of fused-ring (bicyclic) bond motifs is 2. The summed E-state index contributed by atoms with van der Waals surface area (Å²) in [6.45, 7) is 7.62. The van der Waals surface area contributed by atoms with E-state index in [1.54, 1.807) is 4.68 Å². The molecule has 0 atom stereocenters. The fraction of sp³-hybridized carbons (Fsp3) is 0.481. The molecule has 2 amide bonds. The average Bonchev–Trinajstić information content (AvgIpc) is 3.30. The Morgan fingerprint density at radius 1 is 1.18 bits per heavy atom. The van der Waals surface area contributed by atoms with Crippen LogP contribution in [0.1, 0.15) is 83.1 Å². The number of aromatic nitrogens is 3. The summed E-state index contributed by atoms with van der Waals surface area (Å²) in [5.74, 6) is 0.813. The van der Waals surface area contributed by atoms with Crippen molar-refractivity contribution in [2.45, 2.75) is 65.0 Å². The third-order valence-electron chi connectivity index (χ3n) is 7.38. The van der Waals surface area contributed by atoms with E-state index >= 15 is 0 Å². The number of amides is 2. The second-order valence-electron chi connectivity index (χ2n) is 10.2. The average molecular weight is 460 g/mol. The van der Waals surface area contributed by atoms with Crippen molar-refractivity contribution in [3.63, 3.8) is 0 Å². The van der Waals surface area contributed by atoms with Crippen LogP contribution in [0, 0.1) is 12.8 Å². The molecule has 178 valence electrons. The van der Waals surface area contributed by atoms with Crippen molar-refractivity contribution >= 4 is 22.8 Å². The van der Waals surface area contributed by atoms with Crippen LogP contribution in [0.25, 0.3) is 11.0 Å². The summed E-state index contributed by atoms with van der Waals surface area (Å²) in [5.41, 5.74) is 5.13. The molecule has 0 spiro atoms. The maximum Gasteiger partial charge on any atom is 0.254 e. The summed E-state index contributed by atoms with van der Waals surface area (Å²) in [5, 5.41) is 8.62. The molecular weight excluding hydrogens is 426 g/mol. The number of nitrogens with one attached hydrogen (secondary N) is 1. The summed E-state index contributed by atoms with van der Waals surface area (Å²) in [6, 6.07) is 9.98. The topological polar surface area (TPSA) is 80.1 Å². The summed E-state index contributed by atoms with van der Waals surface area (Å²) in [6.07, 6.45) is 3.89. The van der Waals surface area contributed by atoms with Gasteiger partial charge in [-0.25, -0.2) is 4.98 Å². The van der Waals surface area contributed by atoms with Crippen molar-refractivity contribution in [2.24, 2.45) is 13.0 Å². The number of hydrogen-bond donors (Lipinski definition) is 1. The van der Waals surface area contributed by atoms with Crippen LogP contribution in [-0.4, -0.2) is 44.1 Å². The highest BCUT2D eigenvalue weighted by atomic mass is 16.2. The van der Waals surface area contributed by atoms with Gasteiger partial charge in [0.05, 0.1) is 16.6 Å². The van der Waals surface area contributed by atoms with Gasteiger partial charge in [0.15, 0.2) is 5.65 Å². The van der Waals surface area contributed by atoms with Crippen LogP contribution in [0.4, 0.5) is 0 Å². The van der Waals surface area contributed by atoms with Crippen molar-refractivity contribution in [1.29, 1.82) is 0 Å². The van der Waals surface area contributed by atoms with Crippen LogP contribution in [0.2, 0.25) is 0 Å². The highest BCUT2D eigenvalue weighted by Gasteiger charge is 2.31. The molecule has 1 saturated carbocycles. The Kier molecular flexibility index (Phi) is 5.88. The number of rotatable bonds is 5. The van der Waals surface area contributed by atoms with Gasteiger partial charge in [0.25, 0.3) is 11.8 Å². The Hall–Kier alpha value is -3.22. The zero-order valence-corrected chi connectivity index (χ0v) is 20.5. The van der Waals surface area contributed by atoms with E-state index < -0.39 is 0 Å². The predicted octanol–water partition coefficient (Wildman–Crippen LogP) is 4.34. The lowest BCUT2D eigenvalue weighted by Gasteiger charge is -2.31. The smallest absolute Gasteiger partial charge is 0.254 e. The Morgan fingerprint density at radius 3 is 2.62 bits per heavy atom. The number of carbonyl (C=O) groups is 2. The van der Waals surface area contributed by atoms with E-state index in [-0.39, 0.29) is 23.8 Å². The highest BCUT2D eigenvalue weighted by molar-refractivity contribution is 6.06. The van der Waals surface area contributed by atoms with E-state index in [9.17, 15) is 9.59 Å². The van der Waals surface area contributed by atoms with Crippen molar-refractivity contribution in [3.8, 4) is 0 Å². The van der Waals surface area contributed by atoms with E-state index in [1.807, 2.05) is 49.2 Å². The molecular formula is C27H33N5O2. The molecule has 0 bridgehead atoms. The zero-order valence-electron chi connectivity index (χ0n) is 20.5. The molecule has 7 heteroatoms. The minimum absolute atomic E-state index is 0.0426. The summed E-state index contributed by atoms with van der Waals surface area (Å²) in [7, 11) is 1.87. The predicted molar refractivity (Wildman–Crippen MR) is 132 cm³/mol. The summed E-state index contributed by atoms with van der Waals surface area (Å²) < 4.78 is 1.76. The molecule has 1 fully saturated rings. The number of benzene rings is 1. The molecule has 3 aromatic rings. The molecule has 0 unspecified atom stereocenters. The van der Waals surface area contributed by atoms with E-state index in [2.05, 4.69) is 24.3 Å². The Morgan fingerprint density at radius 2 is 1.91 bits per heavy atom. The van der Waals surface area contributed by atoms with Crippen LogP contribution in [0.5, 0.6) is 0 Å². The van der Waals surface area contributed by atoms with Gasteiger partial charge in [0, 0.05) is 37.4 Å². The third-order valence-corrected chi connectivity index (χ3v) is 7.38. The molecule has 5 rings (SSSR count). The first-order valence-electron chi connectivity index (χ1n) is 12.3. The number of carbonyl (C=O) groups excluding carboxylic acids is 2. The van der Waals surface area contributed by atoms with Gasteiger partial charge in [-0.05, 0) is 62.1 Å². The molecule has 1 aliphatic carbocycles. The Labute approximate surface area is 200 Å². The van der Waals surface area contributed by atoms with Crippen molar-refractivity contribution in [2.75, 3.05) is 6.54 Å². The first-order chi connectivity index (χ1) is 16.3. The van der Waals surface area contributed by atoms with Crippen LogP contribution in [-0.2, 0) is 13.6 Å². The van der Waals surface area contributed by atoms with Gasteiger partial charge in [0.2, 0.25) is 0 Å². The van der Waals surface area contributed by atoms with Gasteiger partial charge in [-0.15, -0.1) is 0 Å². The molecule has 7 nitrogen and oxygen atoms in total. The van der Waals surface area contributed by atoms with Crippen LogP contribution < -0.4 is 5.32 Å². The van der Waals surface area contributed by atoms with E-state index in [1.165, 1.54) is 0 Å². The lowest BCUT2D eigenvalue weighted by atomic mass is 9.85. The zero-order chi connectivity index (χ0) is 24.0. The van der Waals surface area contributed by atoms with Crippen LogP contribution in [0.3, 0.4) is 0 Å². The van der Waals surface area contributed by atoms with E-state index in [0.29, 0.717) is 18.0 Å². The Bertz CT molecular complexity index is 1250. The monoisotopic (exact) mass is 459 g/mol. The molecule has 1 aliphatic heterocycles. The minimum Gasteiger partial charge on any atom is -0.349 e. The van der Waals surface area contributed by atoms with Gasteiger partial charge in [-0.2, -0.15) is 5.10 Å². The number of nitrogens with zero attached hydrogens (tertiary/aromatic N) is 4. The molecule has 1 aromatic carbocycles. The molecule has 0 saturated heterocycles. The van der Waals surface area contributed by atoms with E-state index in [4.69, 9.17) is 4.98 Å². The second-order valence-corrected chi connectivity index (χ2v) is 10.2. The lowest BCUT2D eigenvalue weighted by Crippen LogP contribution is -2.40. The van der Waals surface area contributed by atoms with Crippen molar-refractivity contribution in [1.82, 2.24) is 25.0 Å². The molecule has 34 heavy (non-hydrogen) atoms. The molecule has 3 heterocycles. The molecule has 2 aliphatic rings. The number of aryl methyl sites for hydroxylation is 2. The summed E-state index contributed by atoms with van der Waals surface area (Å²) >= 11 is 0. The second kappa shape index (κ2) is 8.85. The highest BCUT2D eigenvalue weighted by Crippen LogP contribution is 2.30. The summed E-state index contributed by atoms with van der Waals surface area (Å²) in [4.78, 5) is 32.8. The van der Waals surface area contributed by atoms with Gasteiger partial charge in [-0.1, -0.05) is 32.0 Å². The first kappa shape index (κ1) is 22.6. The van der Waals surface area contributed by atoms with Gasteiger partial charge in [-0.3, -0.25) is 14.3 Å².